The third-order valence-electron chi connectivity index (χ3n) is 4.22. The van der Waals surface area contributed by atoms with Gasteiger partial charge in [-0.3, -0.25) is 0 Å². The summed E-state index contributed by atoms with van der Waals surface area (Å²) in [5.41, 5.74) is 2.83. The Morgan fingerprint density at radius 1 is 1.24 bits per heavy atom. The molecule has 0 fully saturated rings. The summed E-state index contributed by atoms with van der Waals surface area (Å²) in [7, 11) is 0. The van der Waals surface area contributed by atoms with Gasteiger partial charge in [0, 0.05) is 10.4 Å². The van der Waals surface area contributed by atoms with E-state index in [1.54, 1.807) is 11.3 Å². The van der Waals surface area contributed by atoms with Crippen LogP contribution >= 0.6 is 11.3 Å². The standard InChI is InChI=1S/C19H15N3O2S/c20-10-14-13-8-4-5-9-16(13)25-18(14)21-11-15-19(23)24-17(22-15)12-6-2-1-3-7-12/h1-3,6-7,11,23H,4-5,8-9H2/b21-11-. The summed E-state index contributed by atoms with van der Waals surface area (Å²) in [5, 5.41) is 20.1. The van der Waals surface area contributed by atoms with Gasteiger partial charge in [-0.15, -0.1) is 11.3 Å². The number of thiophene rings is 1. The fraction of sp³-hybridized carbons (Fsp3) is 0.211. The number of hydrogen-bond donors (Lipinski definition) is 1. The van der Waals surface area contributed by atoms with E-state index in [1.807, 2.05) is 30.3 Å². The maximum absolute atomic E-state index is 9.98. The minimum Gasteiger partial charge on any atom is -0.479 e. The molecule has 5 nitrogen and oxygen atoms in total. The summed E-state index contributed by atoms with van der Waals surface area (Å²) < 4.78 is 5.32. The van der Waals surface area contributed by atoms with Crippen molar-refractivity contribution in [3.8, 4) is 23.5 Å². The van der Waals surface area contributed by atoms with Crippen molar-refractivity contribution in [2.45, 2.75) is 25.7 Å². The van der Waals surface area contributed by atoms with Gasteiger partial charge in [0.15, 0.2) is 5.69 Å². The van der Waals surface area contributed by atoms with Crippen molar-refractivity contribution >= 4 is 22.6 Å². The van der Waals surface area contributed by atoms with E-state index in [4.69, 9.17) is 4.42 Å². The second-order valence-corrected chi connectivity index (χ2v) is 6.92. The topological polar surface area (TPSA) is 82.4 Å². The third-order valence-corrected chi connectivity index (χ3v) is 5.42. The number of aliphatic imine (C=N–C) groups is 1. The van der Waals surface area contributed by atoms with Crippen molar-refractivity contribution in [2.24, 2.45) is 4.99 Å². The Labute approximate surface area is 148 Å². The van der Waals surface area contributed by atoms with Gasteiger partial charge in [0.1, 0.15) is 11.1 Å². The van der Waals surface area contributed by atoms with E-state index in [0.717, 1.165) is 36.8 Å². The Morgan fingerprint density at radius 2 is 2.04 bits per heavy atom. The summed E-state index contributed by atoms with van der Waals surface area (Å²) in [6.07, 6.45) is 5.69. The molecule has 3 aromatic rings. The van der Waals surface area contributed by atoms with Crippen LogP contribution < -0.4 is 0 Å². The zero-order valence-corrected chi connectivity index (χ0v) is 14.2. The molecule has 1 N–H and O–H groups in total. The minimum absolute atomic E-state index is 0.258. The second-order valence-electron chi connectivity index (χ2n) is 5.84. The Kier molecular flexibility index (Phi) is 4.08. The molecule has 0 radical (unpaired) electrons. The fourth-order valence-corrected chi connectivity index (χ4v) is 4.17. The van der Waals surface area contributed by atoms with E-state index in [0.29, 0.717) is 16.5 Å². The van der Waals surface area contributed by atoms with Crippen LogP contribution in [0.25, 0.3) is 11.5 Å². The first kappa shape index (κ1) is 15.6. The van der Waals surface area contributed by atoms with Gasteiger partial charge < -0.3 is 9.52 Å². The molecule has 0 atom stereocenters. The predicted octanol–water partition coefficient (Wildman–Crippen LogP) is 4.61. The maximum atomic E-state index is 9.98. The van der Waals surface area contributed by atoms with Crippen LogP contribution in [0, 0.1) is 11.3 Å². The van der Waals surface area contributed by atoms with Crippen molar-refractivity contribution < 1.29 is 9.52 Å². The van der Waals surface area contributed by atoms with Crippen molar-refractivity contribution in [3.05, 3.63) is 52.0 Å². The Balaban J connectivity index is 1.66. The van der Waals surface area contributed by atoms with Crippen LogP contribution in [-0.2, 0) is 12.8 Å². The van der Waals surface area contributed by atoms with Gasteiger partial charge in [-0.1, -0.05) is 18.2 Å². The SMILES string of the molecule is N#Cc1c(/N=C\c2nc(-c3ccccc3)oc2O)sc2c1CCCC2. The molecule has 6 heteroatoms. The summed E-state index contributed by atoms with van der Waals surface area (Å²) in [5.74, 6) is 0.0629. The van der Waals surface area contributed by atoms with Crippen LogP contribution in [0.15, 0.2) is 39.7 Å². The highest BCUT2D eigenvalue weighted by atomic mass is 32.1. The van der Waals surface area contributed by atoms with Crippen LogP contribution in [-0.4, -0.2) is 16.3 Å². The fourth-order valence-electron chi connectivity index (χ4n) is 2.99. The second kappa shape index (κ2) is 6.54. The van der Waals surface area contributed by atoms with E-state index in [-0.39, 0.29) is 11.6 Å². The quantitative estimate of drug-likeness (QED) is 0.700. The molecular formula is C19H15N3O2S. The lowest BCUT2D eigenvalue weighted by Gasteiger charge is -2.09. The van der Waals surface area contributed by atoms with Gasteiger partial charge in [-0.2, -0.15) is 5.26 Å². The lowest BCUT2D eigenvalue weighted by atomic mass is 9.96. The van der Waals surface area contributed by atoms with Gasteiger partial charge in [-0.25, -0.2) is 9.98 Å². The number of oxazole rings is 1. The Bertz CT molecular complexity index is 980. The maximum Gasteiger partial charge on any atom is 0.312 e. The Morgan fingerprint density at radius 3 is 2.84 bits per heavy atom. The summed E-state index contributed by atoms with van der Waals surface area (Å²) in [6, 6.07) is 11.6. The van der Waals surface area contributed by atoms with Crippen molar-refractivity contribution in [1.29, 1.82) is 5.26 Å². The normalized spacial score (nSPS) is 13.7. The highest BCUT2D eigenvalue weighted by molar-refractivity contribution is 7.16. The van der Waals surface area contributed by atoms with Gasteiger partial charge in [-0.05, 0) is 43.4 Å². The average molecular weight is 349 g/mol. The van der Waals surface area contributed by atoms with Crippen LogP contribution in [0.5, 0.6) is 5.95 Å². The zero-order valence-electron chi connectivity index (χ0n) is 13.4. The van der Waals surface area contributed by atoms with Gasteiger partial charge in [0.25, 0.3) is 0 Å². The third kappa shape index (κ3) is 2.94. The molecule has 0 bridgehead atoms. The van der Waals surface area contributed by atoms with Crippen LogP contribution in [0.1, 0.15) is 34.5 Å². The molecule has 4 rings (SSSR count). The molecule has 2 aromatic heterocycles. The van der Waals surface area contributed by atoms with E-state index < -0.39 is 0 Å². The van der Waals surface area contributed by atoms with Crippen molar-refractivity contribution in [1.82, 2.24) is 4.98 Å². The molecule has 0 unspecified atom stereocenters. The first-order chi connectivity index (χ1) is 12.3. The van der Waals surface area contributed by atoms with Gasteiger partial charge in [0.05, 0.1) is 11.8 Å². The lowest BCUT2D eigenvalue weighted by Crippen LogP contribution is -1.99. The average Bonchev–Trinajstić information content (AvgIpc) is 3.20. The number of fused-ring (bicyclic) bond motifs is 1. The van der Waals surface area contributed by atoms with Crippen LogP contribution in [0.4, 0.5) is 5.00 Å². The smallest absolute Gasteiger partial charge is 0.312 e. The summed E-state index contributed by atoms with van der Waals surface area (Å²) in [6.45, 7) is 0. The number of nitriles is 1. The van der Waals surface area contributed by atoms with Crippen LogP contribution in [0.3, 0.4) is 0 Å². The molecule has 0 saturated carbocycles. The monoisotopic (exact) mass is 349 g/mol. The van der Waals surface area contributed by atoms with Gasteiger partial charge >= 0.3 is 5.95 Å². The number of aryl methyl sites for hydroxylation is 1. The molecule has 0 aliphatic heterocycles. The van der Waals surface area contributed by atoms with E-state index >= 15 is 0 Å². The number of aromatic hydroxyl groups is 1. The number of benzene rings is 1. The molecular weight excluding hydrogens is 334 g/mol. The molecule has 2 heterocycles. The summed E-state index contributed by atoms with van der Waals surface area (Å²) >= 11 is 1.55. The first-order valence-corrected chi connectivity index (χ1v) is 8.92. The molecule has 0 amide bonds. The van der Waals surface area contributed by atoms with E-state index in [9.17, 15) is 10.4 Å². The summed E-state index contributed by atoms with van der Waals surface area (Å²) in [4.78, 5) is 9.95. The molecule has 0 spiro atoms. The van der Waals surface area contributed by atoms with Gasteiger partial charge in [0.2, 0.25) is 5.89 Å². The minimum atomic E-state index is -0.276. The van der Waals surface area contributed by atoms with E-state index in [2.05, 4.69) is 16.0 Å². The van der Waals surface area contributed by atoms with Crippen LogP contribution in [0.2, 0.25) is 0 Å². The number of rotatable bonds is 3. The molecule has 1 aliphatic carbocycles. The molecule has 1 aliphatic rings. The molecule has 25 heavy (non-hydrogen) atoms. The lowest BCUT2D eigenvalue weighted by molar-refractivity contribution is 0.337. The van der Waals surface area contributed by atoms with Crippen molar-refractivity contribution in [2.75, 3.05) is 0 Å². The number of hydrogen-bond acceptors (Lipinski definition) is 6. The van der Waals surface area contributed by atoms with Crippen molar-refractivity contribution in [3.63, 3.8) is 0 Å². The first-order valence-electron chi connectivity index (χ1n) is 8.10. The Hall–Kier alpha value is -2.91. The largest absolute Gasteiger partial charge is 0.479 e. The molecule has 1 aromatic carbocycles. The number of nitrogens with zero attached hydrogens (tertiary/aromatic N) is 3. The highest BCUT2D eigenvalue weighted by Gasteiger charge is 2.20. The van der Waals surface area contributed by atoms with E-state index in [1.165, 1.54) is 11.1 Å². The molecule has 124 valence electrons. The zero-order chi connectivity index (χ0) is 17.2. The highest BCUT2D eigenvalue weighted by Crippen LogP contribution is 2.39. The number of aromatic nitrogens is 1. The predicted molar refractivity (Wildman–Crippen MR) is 96.5 cm³/mol. The molecule has 0 saturated heterocycles.